The number of nitrogens with one attached hydrogen (secondary N) is 1. The molecule has 1 aliphatic heterocycles. The van der Waals surface area contributed by atoms with E-state index in [4.69, 9.17) is 0 Å². The highest BCUT2D eigenvalue weighted by atomic mass is 32.2. The SMILES string of the molecule is Cc1cccc(CN=C2NC(C)C(C)CS2)n1. The number of pyridine rings is 1. The van der Waals surface area contributed by atoms with E-state index in [1.54, 1.807) is 0 Å². The van der Waals surface area contributed by atoms with Gasteiger partial charge in [0.25, 0.3) is 0 Å². The average Bonchev–Trinajstić information content (AvgIpc) is 2.31. The zero-order valence-electron chi connectivity index (χ0n) is 10.6. The van der Waals surface area contributed by atoms with Crippen LogP contribution in [0, 0.1) is 12.8 Å². The van der Waals surface area contributed by atoms with E-state index in [1.807, 2.05) is 36.9 Å². The van der Waals surface area contributed by atoms with Gasteiger partial charge in [0, 0.05) is 17.5 Å². The number of hydrogen-bond donors (Lipinski definition) is 1. The summed E-state index contributed by atoms with van der Waals surface area (Å²) in [6.07, 6.45) is 0. The Bertz CT molecular complexity index is 417. The molecule has 1 saturated heterocycles. The molecule has 1 fully saturated rings. The molecule has 0 aliphatic carbocycles. The molecule has 0 bridgehead atoms. The first-order chi connectivity index (χ1) is 8.15. The topological polar surface area (TPSA) is 37.3 Å². The van der Waals surface area contributed by atoms with E-state index in [2.05, 4.69) is 29.1 Å². The summed E-state index contributed by atoms with van der Waals surface area (Å²) in [6, 6.07) is 6.58. The fourth-order valence-electron chi connectivity index (χ4n) is 1.67. The second kappa shape index (κ2) is 5.54. The van der Waals surface area contributed by atoms with Crippen molar-refractivity contribution in [1.29, 1.82) is 0 Å². The van der Waals surface area contributed by atoms with Gasteiger partial charge in [0.1, 0.15) is 0 Å². The first-order valence-electron chi connectivity index (χ1n) is 6.01. The Balaban J connectivity index is 1.97. The summed E-state index contributed by atoms with van der Waals surface area (Å²) in [4.78, 5) is 9.03. The second-order valence-electron chi connectivity index (χ2n) is 4.61. The van der Waals surface area contributed by atoms with Gasteiger partial charge in [-0.05, 0) is 31.9 Å². The van der Waals surface area contributed by atoms with Crippen LogP contribution >= 0.6 is 11.8 Å². The molecule has 1 aromatic heterocycles. The van der Waals surface area contributed by atoms with Crippen LogP contribution in [0.3, 0.4) is 0 Å². The molecule has 3 nitrogen and oxygen atoms in total. The second-order valence-corrected chi connectivity index (χ2v) is 5.62. The first kappa shape index (κ1) is 12.4. The summed E-state index contributed by atoms with van der Waals surface area (Å²) < 4.78 is 0. The molecule has 2 heterocycles. The van der Waals surface area contributed by atoms with Crippen LogP contribution in [0.2, 0.25) is 0 Å². The number of hydrogen-bond acceptors (Lipinski definition) is 3. The van der Waals surface area contributed by atoms with Crippen molar-refractivity contribution in [3.8, 4) is 0 Å². The predicted molar refractivity (Wildman–Crippen MR) is 74.3 cm³/mol. The van der Waals surface area contributed by atoms with Crippen molar-refractivity contribution in [2.45, 2.75) is 33.4 Å². The quantitative estimate of drug-likeness (QED) is 0.875. The van der Waals surface area contributed by atoms with Crippen molar-refractivity contribution in [2.75, 3.05) is 5.75 Å². The molecule has 1 aliphatic rings. The Hall–Kier alpha value is -1.03. The summed E-state index contributed by atoms with van der Waals surface area (Å²) in [5.74, 6) is 1.85. The van der Waals surface area contributed by atoms with Crippen molar-refractivity contribution < 1.29 is 0 Å². The molecule has 2 rings (SSSR count). The van der Waals surface area contributed by atoms with E-state index in [0.29, 0.717) is 18.5 Å². The van der Waals surface area contributed by atoms with Gasteiger partial charge < -0.3 is 5.32 Å². The van der Waals surface area contributed by atoms with Gasteiger partial charge in [-0.15, -0.1) is 0 Å². The molecule has 4 heteroatoms. The number of amidine groups is 1. The lowest BCUT2D eigenvalue weighted by molar-refractivity contribution is 0.490. The van der Waals surface area contributed by atoms with E-state index in [9.17, 15) is 0 Å². The minimum absolute atomic E-state index is 0.514. The van der Waals surface area contributed by atoms with Crippen molar-refractivity contribution in [2.24, 2.45) is 10.9 Å². The van der Waals surface area contributed by atoms with E-state index >= 15 is 0 Å². The number of aromatic nitrogens is 1. The lowest BCUT2D eigenvalue weighted by Gasteiger charge is -2.28. The Kier molecular flexibility index (Phi) is 4.05. The van der Waals surface area contributed by atoms with Crippen molar-refractivity contribution in [3.63, 3.8) is 0 Å². The maximum Gasteiger partial charge on any atom is 0.157 e. The van der Waals surface area contributed by atoms with Crippen LogP contribution in [0.1, 0.15) is 25.2 Å². The van der Waals surface area contributed by atoms with E-state index < -0.39 is 0 Å². The van der Waals surface area contributed by atoms with Gasteiger partial charge in [-0.1, -0.05) is 24.8 Å². The number of aliphatic imine (C=N–C) groups is 1. The van der Waals surface area contributed by atoms with E-state index in [0.717, 1.165) is 22.3 Å². The lowest BCUT2D eigenvalue weighted by Crippen LogP contribution is -2.41. The van der Waals surface area contributed by atoms with Gasteiger partial charge in [0.05, 0.1) is 12.2 Å². The number of thioether (sulfide) groups is 1. The highest BCUT2D eigenvalue weighted by Crippen LogP contribution is 2.19. The normalized spacial score (nSPS) is 26.9. The van der Waals surface area contributed by atoms with Crippen LogP contribution in [-0.4, -0.2) is 21.9 Å². The lowest BCUT2D eigenvalue weighted by atomic mass is 10.1. The molecule has 1 aromatic rings. The first-order valence-corrected chi connectivity index (χ1v) is 7.00. The fourth-order valence-corrected chi connectivity index (χ4v) is 2.80. The van der Waals surface area contributed by atoms with Crippen LogP contribution in [0.4, 0.5) is 0 Å². The van der Waals surface area contributed by atoms with Crippen LogP contribution < -0.4 is 5.32 Å². The van der Waals surface area contributed by atoms with Gasteiger partial charge in [0.15, 0.2) is 5.17 Å². The minimum Gasteiger partial charge on any atom is -0.362 e. The maximum absolute atomic E-state index is 4.59. The molecule has 0 saturated carbocycles. The third-order valence-corrected chi connectivity index (χ3v) is 4.23. The minimum atomic E-state index is 0.514. The van der Waals surface area contributed by atoms with Gasteiger partial charge >= 0.3 is 0 Å². The predicted octanol–water partition coefficient (Wildman–Crippen LogP) is 2.61. The van der Waals surface area contributed by atoms with Gasteiger partial charge in [-0.2, -0.15) is 0 Å². The van der Waals surface area contributed by atoms with Crippen LogP contribution in [0.5, 0.6) is 0 Å². The Morgan fingerprint density at radius 1 is 1.47 bits per heavy atom. The maximum atomic E-state index is 4.59. The zero-order valence-corrected chi connectivity index (χ0v) is 11.4. The molecule has 92 valence electrons. The third kappa shape index (κ3) is 3.46. The Labute approximate surface area is 107 Å². The fraction of sp³-hybridized carbons (Fsp3) is 0.538. The molecular formula is C13H19N3S. The third-order valence-electron chi connectivity index (χ3n) is 3.02. The molecule has 0 amide bonds. The monoisotopic (exact) mass is 249 g/mol. The molecule has 0 aromatic carbocycles. The Morgan fingerprint density at radius 3 is 3.00 bits per heavy atom. The van der Waals surface area contributed by atoms with E-state index in [-0.39, 0.29) is 0 Å². The number of aryl methyl sites for hydroxylation is 1. The number of nitrogens with zero attached hydrogens (tertiary/aromatic N) is 2. The van der Waals surface area contributed by atoms with Gasteiger partial charge in [0.2, 0.25) is 0 Å². The molecular weight excluding hydrogens is 230 g/mol. The van der Waals surface area contributed by atoms with Crippen LogP contribution in [0.15, 0.2) is 23.2 Å². The molecule has 0 radical (unpaired) electrons. The van der Waals surface area contributed by atoms with Crippen molar-refractivity contribution >= 4 is 16.9 Å². The smallest absolute Gasteiger partial charge is 0.157 e. The van der Waals surface area contributed by atoms with Crippen molar-refractivity contribution in [3.05, 3.63) is 29.6 Å². The molecule has 1 N–H and O–H groups in total. The largest absolute Gasteiger partial charge is 0.362 e. The highest BCUT2D eigenvalue weighted by molar-refractivity contribution is 8.13. The molecule has 0 spiro atoms. The van der Waals surface area contributed by atoms with Crippen molar-refractivity contribution in [1.82, 2.24) is 10.3 Å². The van der Waals surface area contributed by atoms with Gasteiger partial charge in [-0.25, -0.2) is 0 Å². The standard InChI is InChI=1S/C13H19N3S/c1-9-8-17-13(16-11(9)3)14-7-12-6-4-5-10(2)15-12/h4-6,9,11H,7-8H2,1-3H3,(H,14,16). The summed E-state index contributed by atoms with van der Waals surface area (Å²) in [5.41, 5.74) is 2.08. The summed E-state index contributed by atoms with van der Waals surface area (Å²) in [5, 5.41) is 4.49. The number of rotatable bonds is 2. The van der Waals surface area contributed by atoms with Gasteiger partial charge in [-0.3, -0.25) is 9.98 Å². The highest BCUT2D eigenvalue weighted by Gasteiger charge is 2.20. The summed E-state index contributed by atoms with van der Waals surface area (Å²) in [6.45, 7) is 7.15. The van der Waals surface area contributed by atoms with Crippen LogP contribution in [-0.2, 0) is 6.54 Å². The zero-order chi connectivity index (χ0) is 12.3. The summed E-state index contributed by atoms with van der Waals surface area (Å²) in [7, 11) is 0. The molecule has 2 unspecified atom stereocenters. The summed E-state index contributed by atoms with van der Waals surface area (Å²) >= 11 is 1.81. The van der Waals surface area contributed by atoms with Crippen LogP contribution in [0.25, 0.3) is 0 Å². The average molecular weight is 249 g/mol. The molecule has 17 heavy (non-hydrogen) atoms. The Morgan fingerprint density at radius 2 is 2.29 bits per heavy atom. The molecule has 2 atom stereocenters. The van der Waals surface area contributed by atoms with E-state index in [1.165, 1.54) is 0 Å².